The molecule has 0 bridgehead atoms. The lowest BCUT2D eigenvalue weighted by atomic mass is 9.95. The second-order valence-corrected chi connectivity index (χ2v) is 12.1. The monoisotopic (exact) mass is 569 g/mol. The lowest BCUT2D eigenvalue weighted by Gasteiger charge is -2.34. The van der Waals surface area contributed by atoms with Crippen LogP contribution in [0.15, 0.2) is 66.0 Å². The van der Waals surface area contributed by atoms with Crippen LogP contribution in [0.3, 0.4) is 0 Å². The number of amides is 2. The lowest BCUT2D eigenvalue weighted by Crippen LogP contribution is -2.45. The maximum Gasteiger partial charge on any atom is 0.269 e. The Hall–Kier alpha value is -3.57. The first-order chi connectivity index (χ1) is 19.1. The summed E-state index contributed by atoms with van der Waals surface area (Å²) >= 11 is 0. The Morgan fingerprint density at radius 2 is 1.88 bits per heavy atom. The van der Waals surface area contributed by atoms with Crippen LogP contribution in [0.25, 0.3) is 11.3 Å². The first-order valence-corrected chi connectivity index (χ1v) is 14.9. The van der Waals surface area contributed by atoms with E-state index < -0.39 is 15.8 Å². The standard InChI is InChI=1S/C29H36FN5O4S/c1-21(2)33(3)29(37)23-11-15-34(16-12-23)28(36)10-14-32-18-22-17-27(25-8-4-5-9-26(25)30)35(20-22)40(38,39)24-7-6-13-31-19-24/h4-9,13,17,19-21,23,32H,10-12,14-16,18H2,1-3H3. The summed E-state index contributed by atoms with van der Waals surface area (Å²) in [5, 5.41) is 3.20. The quantitative estimate of drug-likeness (QED) is 0.375. The SMILES string of the molecule is CC(C)N(C)C(=O)C1CCN(C(=O)CCNCc2cc(-c3ccccc3F)n(S(=O)(=O)c3cccnc3)c2)CC1. The molecule has 0 unspecified atom stereocenters. The number of carbonyl (C=O) groups is 2. The van der Waals surface area contributed by atoms with E-state index in [0.29, 0.717) is 44.6 Å². The zero-order valence-electron chi connectivity index (χ0n) is 23.1. The van der Waals surface area contributed by atoms with Crippen LogP contribution in [0.1, 0.15) is 38.7 Å². The molecule has 1 N–H and O–H groups in total. The second kappa shape index (κ2) is 12.7. The minimum absolute atomic E-state index is 0.00498. The number of halogens is 1. The molecule has 1 aromatic carbocycles. The molecule has 4 rings (SSSR count). The van der Waals surface area contributed by atoms with Gasteiger partial charge in [-0.2, -0.15) is 0 Å². The van der Waals surface area contributed by atoms with E-state index in [1.54, 1.807) is 28.0 Å². The van der Waals surface area contributed by atoms with Gasteiger partial charge in [0.15, 0.2) is 0 Å². The molecule has 1 saturated heterocycles. The molecule has 1 fully saturated rings. The van der Waals surface area contributed by atoms with Gasteiger partial charge in [0, 0.05) is 75.8 Å². The number of hydrogen-bond donors (Lipinski definition) is 1. The molecule has 3 heterocycles. The Kier molecular flexibility index (Phi) is 9.36. The lowest BCUT2D eigenvalue weighted by molar-refractivity contribution is -0.140. The summed E-state index contributed by atoms with van der Waals surface area (Å²) in [5.74, 6) is -0.435. The number of nitrogens with zero attached hydrogens (tertiary/aromatic N) is 4. The van der Waals surface area contributed by atoms with E-state index in [-0.39, 0.29) is 46.3 Å². The third-order valence-electron chi connectivity index (χ3n) is 7.35. The zero-order chi connectivity index (χ0) is 28.9. The molecule has 1 aliphatic rings. The zero-order valence-corrected chi connectivity index (χ0v) is 23.9. The number of benzene rings is 1. The van der Waals surface area contributed by atoms with Crippen molar-refractivity contribution < 1.29 is 22.4 Å². The van der Waals surface area contributed by atoms with E-state index >= 15 is 0 Å². The van der Waals surface area contributed by atoms with Crippen molar-refractivity contribution in [2.75, 3.05) is 26.7 Å². The Labute approximate surface area is 235 Å². The van der Waals surface area contributed by atoms with Crippen LogP contribution in [0, 0.1) is 11.7 Å². The summed E-state index contributed by atoms with van der Waals surface area (Å²) in [6, 6.07) is 10.8. The Morgan fingerprint density at radius 1 is 1.15 bits per heavy atom. The number of nitrogens with one attached hydrogen (secondary N) is 1. The number of pyridine rings is 1. The number of rotatable bonds is 10. The van der Waals surface area contributed by atoms with E-state index in [4.69, 9.17) is 0 Å². The average Bonchev–Trinajstić information content (AvgIpc) is 3.40. The van der Waals surface area contributed by atoms with Crippen molar-refractivity contribution in [3.05, 3.63) is 72.4 Å². The molecule has 0 spiro atoms. The predicted octanol–water partition coefficient (Wildman–Crippen LogP) is 3.51. The Bertz CT molecular complexity index is 1430. The van der Waals surface area contributed by atoms with Crippen molar-refractivity contribution in [3.63, 3.8) is 0 Å². The van der Waals surface area contributed by atoms with Gasteiger partial charge in [0.05, 0.1) is 5.69 Å². The molecule has 2 aromatic heterocycles. The van der Waals surface area contributed by atoms with Gasteiger partial charge in [0.2, 0.25) is 11.8 Å². The van der Waals surface area contributed by atoms with Gasteiger partial charge < -0.3 is 15.1 Å². The van der Waals surface area contributed by atoms with Crippen molar-refractivity contribution in [2.24, 2.45) is 5.92 Å². The topological polar surface area (TPSA) is 105 Å². The number of hydrogen-bond acceptors (Lipinski definition) is 6. The summed E-state index contributed by atoms with van der Waals surface area (Å²) in [7, 11) is -2.20. The smallest absolute Gasteiger partial charge is 0.269 e. The van der Waals surface area contributed by atoms with Crippen molar-refractivity contribution in [1.82, 2.24) is 24.1 Å². The fourth-order valence-corrected chi connectivity index (χ4v) is 6.13. The van der Waals surface area contributed by atoms with E-state index in [1.165, 1.54) is 42.9 Å². The Balaban J connectivity index is 1.37. The van der Waals surface area contributed by atoms with E-state index in [1.807, 2.05) is 20.9 Å². The normalized spacial score (nSPS) is 14.5. The molecule has 40 heavy (non-hydrogen) atoms. The fourth-order valence-electron chi connectivity index (χ4n) is 4.78. The third kappa shape index (κ3) is 6.59. The van der Waals surface area contributed by atoms with Gasteiger partial charge in [-0.15, -0.1) is 0 Å². The summed E-state index contributed by atoms with van der Waals surface area (Å²) < 4.78 is 42.5. The van der Waals surface area contributed by atoms with Crippen LogP contribution in [0.2, 0.25) is 0 Å². The summed E-state index contributed by atoms with van der Waals surface area (Å²) in [5.41, 5.74) is 1.000. The van der Waals surface area contributed by atoms with Crippen molar-refractivity contribution >= 4 is 21.8 Å². The predicted molar refractivity (Wildman–Crippen MR) is 150 cm³/mol. The van der Waals surface area contributed by atoms with Crippen molar-refractivity contribution in [1.29, 1.82) is 0 Å². The van der Waals surface area contributed by atoms with E-state index in [9.17, 15) is 22.4 Å². The fraction of sp³-hybridized carbons (Fsp3) is 0.414. The van der Waals surface area contributed by atoms with Crippen LogP contribution in [-0.2, 0) is 26.2 Å². The van der Waals surface area contributed by atoms with Crippen LogP contribution in [-0.4, -0.2) is 71.7 Å². The maximum atomic E-state index is 14.7. The minimum atomic E-state index is -4.02. The molecule has 11 heteroatoms. The Morgan fingerprint density at radius 3 is 2.52 bits per heavy atom. The first kappa shape index (κ1) is 29.4. The van der Waals surface area contributed by atoms with Crippen LogP contribution in [0.5, 0.6) is 0 Å². The highest BCUT2D eigenvalue weighted by atomic mass is 32.2. The van der Waals surface area contributed by atoms with Crippen LogP contribution in [0.4, 0.5) is 4.39 Å². The molecule has 0 atom stereocenters. The van der Waals surface area contributed by atoms with Gasteiger partial charge in [-0.25, -0.2) is 16.8 Å². The highest BCUT2D eigenvalue weighted by Crippen LogP contribution is 2.29. The first-order valence-electron chi connectivity index (χ1n) is 13.5. The van der Waals surface area contributed by atoms with Crippen molar-refractivity contribution in [2.45, 2.75) is 50.6 Å². The minimum Gasteiger partial charge on any atom is -0.343 e. The molecule has 2 amide bonds. The maximum absolute atomic E-state index is 14.7. The third-order valence-corrected chi connectivity index (χ3v) is 9.00. The van der Waals surface area contributed by atoms with E-state index in [0.717, 1.165) is 3.97 Å². The number of aromatic nitrogens is 2. The highest BCUT2D eigenvalue weighted by Gasteiger charge is 2.29. The number of carbonyl (C=O) groups excluding carboxylic acids is 2. The van der Waals surface area contributed by atoms with Gasteiger partial charge >= 0.3 is 0 Å². The molecule has 3 aromatic rings. The summed E-state index contributed by atoms with van der Waals surface area (Å²) in [6.45, 7) is 5.77. The summed E-state index contributed by atoms with van der Waals surface area (Å²) in [6.07, 6.45) is 5.80. The van der Waals surface area contributed by atoms with Gasteiger partial charge in [-0.05, 0) is 62.6 Å². The van der Waals surface area contributed by atoms with Gasteiger partial charge in [-0.3, -0.25) is 14.6 Å². The molecule has 0 aliphatic carbocycles. The second-order valence-electron chi connectivity index (χ2n) is 10.3. The van der Waals surface area contributed by atoms with Crippen LogP contribution >= 0.6 is 0 Å². The molecular weight excluding hydrogens is 533 g/mol. The molecule has 1 aliphatic heterocycles. The van der Waals surface area contributed by atoms with Gasteiger partial charge in [-0.1, -0.05) is 12.1 Å². The molecular formula is C29H36FN5O4S. The van der Waals surface area contributed by atoms with Gasteiger partial charge in [0.25, 0.3) is 10.0 Å². The molecule has 214 valence electrons. The van der Waals surface area contributed by atoms with E-state index in [2.05, 4.69) is 10.3 Å². The largest absolute Gasteiger partial charge is 0.343 e. The molecule has 0 radical (unpaired) electrons. The molecule has 9 nitrogen and oxygen atoms in total. The van der Waals surface area contributed by atoms with Crippen LogP contribution < -0.4 is 5.32 Å². The number of likely N-dealkylation sites (tertiary alicyclic amines) is 1. The molecule has 0 saturated carbocycles. The van der Waals surface area contributed by atoms with Crippen molar-refractivity contribution in [3.8, 4) is 11.3 Å². The highest BCUT2D eigenvalue weighted by molar-refractivity contribution is 7.90. The number of piperidine rings is 1. The summed E-state index contributed by atoms with van der Waals surface area (Å²) in [4.78, 5) is 32.8. The van der Waals surface area contributed by atoms with Gasteiger partial charge in [0.1, 0.15) is 10.7 Å². The average molecular weight is 570 g/mol.